The maximum Gasteiger partial charge on any atom is 0.298 e. The van der Waals surface area contributed by atoms with Gasteiger partial charge in [-0.15, -0.1) is 0 Å². The van der Waals surface area contributed by atoms with Crippen LogP contribution in [0.2, 0.25) is 0 Å². The number of hydrogen-bond donors (Lipinski definition) is 0. The molecule has 16 heavy (non-hydrogen) atoms. The molecule has 0 saturated carbocycles. The molecule has 1 aliphatic carbocycles. The maximum absolute atomic E-state index is 10.4. The van der Waals surface area contributed by atoms with Crippen LogP contribution in [0.4, 0.5) is 0 Å². The fourth-order valence-electron chi connectivity index (χ4n) is 2.29. The van der Waals surface area contributed by atoms with Crippen molar-refractivity contribution in [3.63, 3.8) is 0 Å². The van der Waals surface area contributed by atoms with Gasteiger partial charge in [0.25, 0.3) is 6.47 Å². The van der Waals surface area contributed by atoms with Gasteiger partial charge < -0.3 is 4.74 Å². The van der Waals surface area contributed by atoms with Crippen LogP contribution in [0.5, 0.6) is 5.75 Å². The highest BCUT2D eigenvalue weighted by molar-refractivity contribution is 5.79. The predicted octanol–water partition coefficient (Wildman–Crippen LogP) is 2.79. The second-order valence-corrected chi connectivity index (χ2v) is 3.83. The average Bonchev–Trinajstić information content (AvgIpc) is 2.69. The number of hydrogen-bond acceptors (Lipinski definition) is 2. The van der Waals surface area contributed by atoms with Gasteiger partial charge in [0.1, 0.15) is 5.75 Å². The normalized spacial score (nSPS) is 11.8. The third-order valence-electron chi connectivity index (χ3n) is 2.98. The van der Waals surface area contributed by atoms with Gasteiger partial charge >= 0.3 is 0 Å². The maximum atomic E-state index is 10.4. The van der Waals surface area contributed by atoms with Crippen LogP contribution in [0.15, 0.2) is 42.5 Å². The molecule has 0 atom stereocenters. The molecule has 0 N–H and O–H groups in total. The zero-order valence-corrected chi connectivity index (χ0v) is 8.64. The number of rotatable bonds is 2. The van der Waals surface area contributed by atoms with Crippen LogP contribution in [0, 0.1) is 0 Å². The van der Waals surface area contributed by atoms with Gasteiger partial charge in [0.15, 0.2) is 0 Å². The first-order valence-electron chi connectivity index (χ1n) is 5.20. The summed E-state index contributed by atoms with van der Waals surface area (Å²) in [5, 5.41) is 0. The smallest absolute Gasteiger partial charge is 0.298 e. The quantitative estimate of drug-likeness (QED) is 0.608. The minimum absolute atomic E-state index is 0.485. The van der Waals surface area contributed by atoms with Crippen LogP contribution >= 0.6 is 0 Å². The van der Waals surface area contributed by atoms with Crippen molar-refractivity contribution in [3.05, 3.63) is 53.6 Å². The highest BCUT2D eigenvalue weighted by Crippen LogP contribution is 2.40. The number of benzene rings is 2. The first kappa shape index (κ1) is 9.16. The predicted molar refractivity (Wildman–Crippen MR) is 61.4 cm³/mol. The van der Waals surface area contributed by atoms with Gasteiger partial charge in [-0.2, -0.15) is 0 Å². The van der Waals surface area contributed by atoms with Crippen molar-refractivity contribution in [3.8, 4) is 16.9 Å². The van der Waals surface area contributed by atoms with Crippen LogP contribution in [0.25, 0.3) is 11.1 Å². The molecule has 0 aromatic heterocycles. The lowest BCUT2D eigenvalue weighted by Gasteiger charge is -2.04. The van der Waals surface area contributed by atoms with E-state index in [4.69, 9.17) is 4.74 Å². The van der Waals surface area contributed by atoms with Crippen LogP contribution < -0.4 is 4.74 Å². The first-order valence-corrected chi connectivity index (χ1v) is 5.20. The second kappa shape index (κ2) is 3.49. The highest BCUT2D eigenvalue weighted by atomic mass is 16.5. The standard InChI is InChI=1S/C14H10O2/c15-9-16-14-7-3-6-12-11-5-2-1-4-10(11)8-13(12)14/h1-7,9H,8H2. The van der Waals surface area contributed by atoms with Gasteiger partial charge in [0, 0.05) is 12.0 Å². The third kappa shape index (κ3) is 1.23. The Labute approximate surface area is 93.5 Å². The fraction of sp³-hybridized carbons (Fsp3) is 0.0714. The summed E-state index contributed by atoms with van der Waals surface area (Å²) in [6.45, 7) is 0.485. The van der Waals surface area contributed by atoms with E-state index in [1.54, 1.807) is 0 Å². The molecule has 0 spiro atoms. The summed E-state index contributed by atoms with van der Waals surface area (Å²) in [6, 6.07) is 14.1. The summed E-state index contributed by atoms with van der Waals surface area (Å²) in [7, 11) is 0. The molecule has 2 aromatic carbocycles. The van der Waals surface area contributed by atoms with Crippen LogP contribution in [-0.4, -0.2) is 6.47 Å². The number of carbonyl (C=O) groups excluding carboxylic acids is 1. The van der Waals surface area contributed by atoms with Crippen molar-refractivity contribution in [2.75, 3.05) is 0 Å². The van der Waals surface area contributed by atoms with Crippen molar-refractivity contribution in [1.82, 2.24) is 0 Å². The van der Waals surface area contributed by atoms with Gasteiger partial charge in [0.2, 0.25) is 0 Å². The number of carbonyl (C=O) groups is 1. The molecule has 3 rings (SSSR count). The minimum Gasteiger partial charge on any atom is -0.428 e. The Balaban J connectivity index is 2.19. The Hall–Kier alpha value is -2.09. The Morgan fingerprint density at radius 1 is 1.00 bits per heavy atom. The van der Waals surface area contributed by atoms with Gasteiger partial charge in [-0.1, -0.05) is 36.4 Å². The lowest BCUT2D eigenvalue weighted by Crippen LogP contribution is -1.93. The SMILES string of the molecule is O=COc1cccc2c1Cc1ccccc1-2. The van der Waals surface area contributed by atoms with E-state index in [-0.39, 0.29) is 0 Å². The Morgan fingerprint density at radius 2 is 1.81 bits per heavy atom. The second-order valence-electron chi connectivity index (χ2n) is 3.83. The molecule has 0 amide bonds. The molecule has 2 aromatic rings. The van der Waals surface area contributed by atoms with Crippen molar-refractivity contribution in [2.45, 2.75) is 6.42 Å². The van der Waals surface area contributed by atoms with Gasteiger partial charge in [0.05, 0.1) is 0 Å². The Kier molecular flexibility index (Phi) is 2.00. The summed E-state index contributed by atoms with van der Waals surface area (Å²) < 4.78 is 5.00. The molecular formula is C14H10O2. The summed E-state index contributed by atoms with van der Waals surface area (Å²) in [5.74, 6) is 0.670. The molecule has 2 nitrogen and oxygen atoms in total. The fourth-order valence-corrected chi connectivity index (χ4v) is 2.29. The topological polar surface area (TPSA) is 26.3 Å². The molecular weight excluding hydrogens is 200 g/mol. The molecule has 1 aliphatic rings. The zero-order valence-electron chi connectivity index (χ0n) is 8.64. The van der Waals surface area contributed by atoms with Gasteiger partial charge in [-0.25, -0.2) is 0 Å². The molecule has 0 radical (unpaired) electrons. The summed E-state index contributed by atoms with van der Waals surface area (Å²) >= 11 is 0. The van der Waals surface area contributed by atoms with E-state index >= 15 is 0 Å². The number of fused-ring (bicyclic) bond motifs is 3. The van der Waals surface area contributed by atoms with Crippen LogP contribution in [0.3, 0.4) is 0 Å². The van der Waals surface area contributed by atoms with Crippen molar-refractivity contribution in [2.24, 2.45) is 0 Å². The molecule has 0 bridgehead atoms. The van der Waals surface area contributed by atoms with Gasteiger partial charge in [-0.3, -0.25) is 4.79 Å². The number of ether oxygens (including phenoxy) is 1. The summed E-state index contributed by atoms with van der Waals surface area (Å²) in [6.07, 6.45) is 0.843. The van der Waals surface area contributed by atoms with Crippen molar-refractivity contribution >= 4 is 6.47 Å². The lowest BCUT2D eigenvalue weighted by atomic mass is 10.1. The Bertz CT molecular complexity index is 558. The summed E-state index contributed by atoms with van der Waals surface area (Å²) in [4.78, 5) is 10.4. The molecule has 0 unspecified atom stereocenters. The monoisotopic (exact) mass is 210 g/mol. The van der Waals surface area contributed by atoms with Crippen molar-refractivity contribution < 1.29 is 9.53 Å². The third-order valence-corrected chi connectivity index (χ3v) is 2.98. The minimum atomic E-state index is 0.485. The van der Waals surface area contributed by atoms with Gasteiger partial charge in [-0.05, 0) is 22.8 Å². The first-order chi connectivity index (χ1) is 7.90. The molecule has 0 heterocycles. The van der Waals surface area contributed by atoms with E-state index in [9.17, 15) is 4.79 Å². The van der Waals surface area contributed by atoms with Crippen LogP contribution in [-0.2, 0) is 11.2 Å². The lowest BCUT2D eigenvalue weighted by molar-refractivity contribution is -0.120. The van der Waals surface area contributed by atoms with E-state index < -0.39 is 0 Å². The zero-order chi connectivity index (χ0) is 11.0. The van der Waals surface area contributed by atoms with E-state index in [2.05, 4.69) is 18.2 Å². The molecule has 0 saturated heterocycles. The van der Waals surface area contributed by atoms with Crippen LogP contribution in [0.1, 0.15) is 11.1 Å². The molecule has 78 valence electrons. The average molecular weight is 210 g/mol. The largest absolute Gasteiger partial charge is 0.428 e. The molecule has 0 aliphatic heterocycles. The van der Waals surface area contributed by atoms with E-state index in [1.807, 2.05) is 24.3 Å². The summed E-state index contributed by atoms with van der Waals surface area (Å²) in [5.41, 5.74) is 4.82. The van der Waals surface area contributed by atoms with Crippen molar-refractivity contribution in [1.29, 1.82) is 0 Å². The molecule has 0 fully saturated rings. The van der Waals surface area contributed by atoms with E-state index in [1.165, 1.54) is 16.7 Å². The van der Waals surface area contributed by atoms with E-state index in [0.717, 1.165) is 12.0 Å². The molecule has 2 heteroatoms. The Morgan fingerprint density at radius 3 is 2.69 bits per heavy atom. The van der Waals surface area contributed by atoms with E-state index in [0.29, 0.717) is 12.2 Å². The highest BCUT2D eigenvalue weighted by Gasteiger charge is 2.20.